The minimum atomic E-state index is -0.292. The van der Waals surface area contributed by atoms with Gasteiger partial charge in [0.15, 0.2) is 0 Å². The van der Waals surface area contributed by atoms with E-state index in [-0.39, 0.29) is 24.3 Å². The van der Waals surface area contributed by atoms with Crippen molar-refractivity contribution in [2.45, 2.75) is 40.5 Å². The highest BCUT2D eigenvalue weighted by Crippen LogP contribution is 2.34. The van der Waals surface area contributed by atoms with Crippen molar-refractivity contribution in [3.63, 3.8) is 0 Å². The Labute approximate surface area is 215 Å². The van der Waals surface area contributed by atoms with Crippen molar-refractivity contribution < 1.29 is 14.3 Å². The molecule has 0 N–H and O–H groups in total. The number of halogens is 1. The molecule has 1 aliphatic rings. The van der Waals surface area contributed by atoms with Gasteiger partial charge < -0.3 is 9.30 Å². The minimum Gasteiger partial charge on any atom is -0.491 e. The molecule has 0 unspecified atom stereocenters. The van der Waals surface area contributed by atoms with Gasteiger partial charge in [0, 0.05) is 11.4 Å². The summed E-state index contributed by atoms with van der Waals surface area (Å²) in [5.41, 5.74) is 5.92. The smallest absolute Gasteiger partial charge is 0.293 e. The summed E-state index contributed by atoms with van der Waals surface area (Å²) in [6.45, 7) is 10.7. The number of ether oxygens (including phenoxy) is 1. The van der Waals surface area contributed by atoms with Gasteiger partial charge in [-0.3, -0.25) is 14.5 Å². The molecule has 1 aromatic heterocycles. The summed E-state index contributed by atoms with van der Waals surface area (Å²) < 4.78 is 8.06. The number of aryl methyl sites for hydroxylation is 2. The zero-order valence-electron chi connectivity index (χ0n) is 20.6. The van der Waals surface area contributed by atoms with Gasteiger partial charge in [-0.05, 0) is 85.5 Å². The number of aromatic nitrogens is 1. The Morgan fingerprint density at radius 3 is 2.51 bits per heavy atom. The van der Waals surface area contributed by atoms with Gasteiger partial charge in [-0.2, -0.15) is 0 Å². The molecule has 1 aliphatic heterocycles. The third kappa shape index (κ3) is 5.19. The summed E-state index contributed by atoms with van der Waals surface area (Å²) >= 11 is 7.38. The fourth-order valence-electron chi connectivity index (χ4n) is 4.26. The predicted molar refractivity (Wildman–Crippen MR) is 144 cm³/mol. The molecule has 7 heteroatoms. The van der Waals surface area contributed by atoms with Crippen molar-refractivity contribution in [3.05, 3.63) is 86.5 Å². The van der Waals surface area contributed by atoms with E-state index in [1.165, 1.54) is 4.90 Å². The Bertz CT molecular complexity index is 1330. The Morgan fingerprint density at radius 1 is 1.06 bits per heavy atom. The quantitative estimate of drug-likeness (QED) is 0.314. The Morgan fingerprint density at radius 2 is 1.80 bits per heavy atom. The highest BCUT2D eigenvalue weighted by molar-refractivity contribution is 8.18. The first-order valence-electron chi connectivity index (χ1n) is 11.6. The molecule has 35 heavy (non-hydrogen) atoms. The number of hydrogen-bond donors (Lipinski definition) is 0. The number of nitrogens with zero attached hydrogens (tertiary/aromatic N) is 2. The van der Waals surface area contributed by atoms with Crippen LogP contribution in [0.15, 0.2) is 53.4 Å². The van der Waals surface area contributed by atoms with E-state index >= 15 is 0 Å². The molecule has 0 bridgehead atoms. The summed E-state index contributed by atoms with van der Waals surface area (Å²) in [7, 11) is 0. The number of amides is 2. The summed E-state index contributed by atoms with van der Waals surface area (Å²) in [6, 6.07) is 15.8. The van der Waals surface area contributed by atoms with Crippen LogP contribution >= 0.6 is 23.4 Å². The second kappa shape index (κ2) is 10.3. The van der Waals surface area contributed by atoms with Crippen LogP contribution in [0.5, 0.6) is 5.75 Å². The second-order valence-corrected chi connectivity index (χ2v) is 10.4. The molecule has 0 aliphatic carbocycles. The molecule has 0 saturated carbocycles. The second-order valence-electron chi connectivity index (χ2n) is 8.99. The molecule has 182 valence electrons. The zero-order valence-corrected chi connectivity index (χ0v) is 22.2. The Hall–Kier alpha value is -2.96. The van der Waals surface area contributed by atoms with Crippen LogP contribution in [0.4, 0.5) is 4.79 Å². The van der Waals surface area contributed by atoms with Crippen molar-refractivity contribution in [1.82, 2.24) is 9.47 Å². The Kier molecular flexibility index (Phi) is 7.43. The lowest BCUT2D eigenvalue weighted by Gasteiger charge is -2.17. The van der Waals surface area contributed by atoms with Crippen molar-refractivity contribution >= 4 is 40.6 Å². The molecule has 2 aromatic carbocycles. The van der Waals surface area contributed by atoms with E-state index in [4.69, 9.17) is 16.3 Å². The summed E-state index contributed by atoms with van der Waals surface area (Å²) in [5.74, 6) is 0.824. The lowest BCUT2D eigenvalue weighted by Crippen LogP contribution is -2.32. The first-order chi connectivity index (χ1) is 16.7. The van der Waals surface area contributed by atoms with Gasteiger partial charge in [-0.1, -0.05) is 49.7 Å². The first-order valence-corrected chi connectivity index (χ1v) is 12.8. The van der Waals surface area contributed by atoms with E-state index in [9.17, 15) is 9.59 Å². The van der Waals surface area contributed by atoms with Crippen LogP contribution in [0.3, 0.4) is 0 Å². The summed E-state index contributed by atoms with van der Waals surface area (Å²) in [6.07, 6.45) is 1.79. The van der Waals surface area contributed by atoms with Crippen molar-refractivity contribution in [3.8, 4) is 11.4 Å². The highest BCUT2D eigenvalue weighted by Gasteiger charge is 2.35. The molecular weight excluding hydrogens is 480 g/mol. The van der Waals surface area contributed by atoms with Gasteiger partial charge in [0.1, 0.15) is 12.4 Å². The SMILES string of the molecule is Cc1ccc(C(C)C)c(OCCN2C(=O)S/C(=C\c3cc(C)n(-c4ccccc4Cl)c3C)C2=O)c1. The van der Waals surface area contributed by atoms with Crippen LogP contribution in [0, 0.1) is 20.8 Å². The number of rotatable bonds is 7. The minimum absolute atomic E-state index is 0.201. The first kappa shape index (κ1) is 25.1. The third-order valence-electron chi connectivity index (χ3n) is 6.09. The third-order valence-corrected chi connectivity index (χ3v) is 7.31. The number of hydrogen-bond acceptors (Lipinski definition) is 4. The highest BCUT2D eigenvalue weighted by atomic mass is 35.5. The van der Waals surface area contributed by atoms with E-state index in [0.717, 1.165) is 51.3 Å². The predicted octanol–water partition coefficient (Wildman–Crippen LogP) is 7.29. The van der Waals surface area contributed by atoms with Crippen LogP contribution in [0.25, 0.3) is 11.8 Å². The van der Waals surface area contributed by atoms with Crippen LogP contribution in [0.2, 0.25) is 5.02 Å². The fraction of sp³-hybridized carbons (Fsp3) is 0.286. The van der Waals surface area contributed by atoms with Gasteiger partial charge in [-0.15, -0.1) is 0 Å². The van der Waals surface area contributed by atoms with Crippen molar-refractivity contribution in [1.29, 1.82) is 0 Å². The van der Waals surface area contributed by atoms with Gasteiger partial charge in [0.2, 0.25) is 0 Å². The molecule has 0 radical (unpaired) electrons. The average Bonchev–Trinajstić information content (AvgIpc) is 3.23. The van der Waals surface area contributed by atoms with E-state index in [1.807, 2.05) is 57.2 Å². The molecule has 4 rings (SSSR count). The molecule has 3 aromatic rings. The number of carbonyl (C=O) groups excluding carboxylic acids is 2. The van der Waals surface area contributed by atoms with Crippen LogP contribution in [-0.4, -0.2) is 33.8 Å². The Balaban J connectivity index is 1.50. The fourth-order valence-corrected chi connectivity index (χ4v) is 5.34. The van der Waals surface area contributed by atoms with E-state index in [0.29, 0.717) is 15.8 Å². The molecule has 2 amide bonds. The molecule has 5 nitrogen and oxygen atoms in total. The van der Waals surface area contributed by atoms with Gasteiger partial charge in [0.05, 0.1) is 22.2 Å². The molecule has 1 saturated heterocycles. The number of benzene rings is 2. The topological polar surface area (TPSA) is 51.5 Å². The largest absolute Gasteiger partial charge is 0.491 e. The van der Waals surface area contributed by atoms with E-state index in [1.54, 1.807) is 6.08 Å². The van der Waals surface area contributed by atoms with Gasteiger partial charge >= 0.3 is 0 Å². The summed E-state index contributed by atoms with van der Waals surface area (Å²) in [5, 5.41) is 0.369. The standard InChI is InChI=1S/C28H29ClN2O3S/c1-17(2)22-11-10-18(3)14-25(22)34-13-12-30-27(32)26(35-28(30)33)16-21-15-19(4)31(20(21)5)24-9-7-6-8-23(24)29/h6-11,14-17H,12-13H2,1-5H3/b26-16-. The molecular formula is C28H29ClN2O3S. The van der Waals surface area contributed by atoms with E-state index in [2.05, 4.69) is 30.5 Å². The maximum absolute atomic E-state index is 13.1. The number of para-hydroxylation sites is 1. The van der Waals surface area contributed by atoms with Crippen molar-refractivity contribution in [2.24, 2.45) is 0 Å². The molecule has 2 heterocycles. The normalized spacial score (nSPS) is 15.1. The number of carbonyl (C=O) groups is 2. The maximum Gasteiger partial charge on any atom is 0.293 e. The van der Waals surface area contributed by atoms with E-state index < -0.39 is 0 Å². The van der Waals surface area contributed by atoms with Gasteiger partial charge in [0.25, 0.3) is 11.1 Å². The average molecular weight is 509 g/mol. The molecule has 0 spiro atoms. The lowest BCUT2D eigenvalue weighted by molar-refractivity contribution is -0.123. The lowest BCUT2D eigenvalue weighted by atomic mass is 10.0. The number of thioether (sulfide) groups is 1. The molecule has 0 atom stereocenters. The summed E-state index contributed by atoms with van der Waals surface area (Å²) in [4.78, 5) is 27.3. The van der Waals surface area contributed by atoms with Crippen LogP contribution in [0.1, 0.15) is 47.8 Å². The monoisotopic (exact) mass is 508 g/mol. The van der Waals surface area contributed by atoms with Crippen LogP contribution < -0.4 is 4.74 Å². The van der Waals surface area contributed by atoms with Gasteiger partial charge in [-0.25, -0.2) is 0 Å². The zero-order chi connectivity index (χ0) is 25.3. The maximum atomic E-state index is 13.1. The number of imide groups is 1. The van der Waals surface area contributed by atoms with Crippen LogP contribution in [-0.2, 0) is 4.79 Å². The molecule has 1 fully saturated rings. The van der Waals surface area contributed by atoms with Crippen molar-refractivity contribution in [2.75, 3.05) is 13.2 Å².